The lowest BCUT2D eigenvalue weighted by molar-refractivity contribution is 0.416. The standard InChI is InChI=1S/C17H21NO2P/c1-4-18(5-2,21-19)16-12-8-6-10-14(16)15-11-7-9-13-17(15)20-3/h6-13H,4-5H2,1-3H3/q+1. The summed E-state index contributed by atoms with van der Waals surface area (Å²) in [7, 11) is 1.79. The Kier molecular flexibility index (Phi) is 5.11. The summed E-state index contributed by atoms with van der Waals surface area (Å²) in [6.45, 7) is 5.67. The van der Waals surface area contributed by atoms with E-state index in [4.69, 9.17) is 4.74 Å². The predicted molar refractivity (Wildman–Crippen MR) is 88.9 cm³/mol. The molecule has 0 spiro atoms. The molecule has 21 heavy (non-hydrogen) atoms. The quantitative estimate of drug-likeness (QED) is 0.708. The molecule has 4 heteroatoms. The van der Waals surface area contributed by atoms with Gasteiger partial charge in [0.15, 0.2) is 0 Å². The van der Waals surface area contributed by atoms with E-state index in [0.29, 0.717) is 4.25 Å². The molecule has 0 aliphatic rings. The van der Waals surface area contributed by atoms with Crippen molar-refractivity contribution in [2.45, 2.75) is 13.8 Å². The molecule has 0 bridgehead atoms. The Labute approximate surface area is 128 Å². The van der Waals surface area contributed by atoms with Gasteiger partial charge in [-0.25, -0.2) is 8.82 Å². The van der Waals surface area contributed by atoms with Crippen LogP contribution in [0.25, 0.3) is 11.1 Å². The van der Waals surface area contributed by atoms with Crippen LogP contribution < -0.4 is 8.99 Å². The Hall–Kier alpha value is -1.70. The van der Waals surface area contributed by atoms with Crippen molar-refractivity contribution in [3.05, 3.63) is 48.5 Å². The van der Waals surface area contributed by atoms with E-state index in [2.05, 4.69) is 26.0 Å². The van der Waals surface area contributed by atoms with Gasteiger partial charge in [-0.2, -0.15) is 0 Å². The van der Waals surface area contributed by atoms with Crippen molar-refractivity contribution < 1.29 is 9.30 Å². The van der Waals surface area contributed by atoms with E-state index in [9.17, 15) is 4.57 Å². The maximum Gasteiger partial charge on any atom is 0.427 e. The summed E-state index contributed by atoms with van der Waals surface area (Å²) in [5.41, 5.74) is 3.16. The van der Waals surface area contributed by atoms with Crippen LogP contribution in [0.4, 0.5) is 5.69 Å². The largest absolute Gasteiger partial charge is 0.496 e. The van der Waals surface area contributed by atoms with Crippen LogP contribution in [0.15, 0.2) is 48.5 Å². The Morgan fingerprint density at radius 3 is 2.10 bits per heavy atom. The van der Waals surface area contributed by atoms with Crippen LogP contribution in [0.2, 0.25) is 0 Å². The van der Waals surface area contributed by atoms with Gasteiger partial charge in [0.25, 0.3) is 0 Å². The van der Waals surface area contributed by atoms with Crippen LogP contribution in [0.5, 0.6) is 5.75 Å². The summed E-state index contributed by atoms with van der Waals surface area (Å²) in [5.74, 6) is 0.831. The molecule has 3 nitrogen and oxygen atoms in total. The first-order valence-corrected chi connectivity index (χ1v) is 7.94. The Balaban J connectivity index is 2.69. The van der Waals surface area contributed by atoms with Crippen molar-refractivity contribution in [2.75, 3.05) is 20.2 Å². The molecule has 0 N–H and O–H groups in total. The first-order chi connectivity index (χ1) is 10.2. The molecule has 0 aromatic heterocycles. The highest BCUT2D eigenvalue weighted by Gasteiger charge is 2.31. The van der Waals surface area contributed by atoms with Crippen LogP contribution in [0.1, 0.15) is 13.8 Å². The van der Waals surface area contributed by atoms with E-state index >= 15 is 0 Å². The van der Waals surface area contributed by atoms with Crippen LogP contribution in [0, 0.1) is 0 Å². The molecule has 0 fully saturated rings. The molecule has 2 rings (SSSR count). The van der Waals surface area contributed by atoms with Gasteiger partial charge in [0, 0.05) is 17.2 Å². The third-order valence-electron chi connectivity index (χ3n) is 3.95. The number of methoxy groups -OCH3 is 1. The third-order valence-corrected chi connectivity index (χ3v) is 5.05. The molecule has 0 radical (unpaired) electrons. The Morgan fingerprint density at radius 2 is 1.52 bits per heavy atom. The molecule has 0 heterocycles. The fourth-order valence-corrected chi connectivity index (χ4v) is 3.15. The average Bonchev–Trinajstić information content (AvgIpc) is 2.57. The molecule has 2 aromatic rings. The number of para-hydroxylation sites is 2. The lowest BCUT2D eigenvalue weighted by atomic mass is 10.0. The number of nitrogens with zero attached hydrogens (tertiary/aromatic N) is 1. The van der Waals surface area contributed by atoms with E-state index in [1.54, 1.807) is 7.11 Å². The number of ether oxygens (including phenoxy) is 1. The monoisotopic (exact) mass is 302 g/mol. The van der Waals surface area contributed by atoms with E-state index in [1.165, 1.54) is 0 Å². The summed E-state index contributed by atoms with van der Waals surface area (Å²) in [4.78, 5) is 0. The topological polar surface area (TPSA) is 26.3 Å². The maximum atomic E-state index is 11.9. The molecular formula is C17H21NO2P+. The summed E-state index contributed by atoms with van der Waals surface area (Å²) in [6, 6.07) is 16.1. The molecular weight excluding hydrogens is 281 g/mol. The summed E-state index contributed by atoms with van der Waals surface area (Å²) in [6.07, 6.45) is 0. The van der Waals surface area contributed by atoms with Gasteiger partial charge in [0.2, 0.25) is 0 Å². The molecule has 0 saturated heterocycles. The molecule has 2 aromatic carbocycles. The maximum absolute atomic E-state index is 11.9. The van der Waals surface area contributed by atoms with Crippen LogP contribution in [-0.4, -0.2) is 20.2 Å². The van der Waals surface area contributed by atoms with Crippen molar-refractivity contribution in [3.8, 4) is 16.9 Å². The molecule has 0 aliphatic heterocycles. The molecule has 0 unspecified atom stereocenters. The van der Waals surface area contributed by atoms with Crippen LogP contribution in [0.3, 0.4) is 0 Å². The highest BCUT2D eigenvalue weighted by atomic mass is 31.1. The highest BCUT2D eigenvalue weighted by molar-refractivity contribution is 7.23. The summed E-state index contributed by atoms with van der Waals surface area (Å²) >= 11 is 0. The number of rotatable bonds is 6. The van der Waals surface area contributed by atoms with Crippen LogP contribution in [-0.2, 0) is 4.57 Å². The van der Waals surface area contributed by atoms with Gasteiger partial charge in [-0.1, -0.05) is 30.3 Å². The zero-order chi connectivity index (χ0) is 15.3. The Morgan fingerprint density at radius 1 is 0.952 bits per heavy atom. The summed E-state index contributed by atoms with van der Waals surface area (Å²) < 4.78 is 17.8. The van der Waals surface area contributed by atoms with Gasteiger partial charge in [0.1, 0.15) is 11.4 Å². The molecule has 0 saturated carbocycles. The number of quaternary nitrogens is 1. The summed E-state index contributed by atoms with van der Waals surface area (Å²) in [5, 5.41) is 0. The van der Waals surface area contributed by atoms with Gasteiger partial charge in [0.05, 0.1) is 20.2 Å². The zero-order valence-corrected chi connectivity index (χ0v) is 13.6. The van der Waals surface area contributed by atoms with E-state index in [-0.39, 0.29) is 8.61 Å². The first kappa shape index (κ1) is 15.7. The number of hydrogen-bond donors (Lipinski definition) is 0. The smallest absolute Gasteiger partial charge is 0.427 e. The van der Waals surface area contributed by atoms with E-state index in [1.807, 2.05) is 36.4 Å². The third kappa shape index (κ3) is 2.85. The second-order valence-corrected chi connectivity index (χ2v) is 5.78. The average molecular weight is 302 g/mol. The predicted octanol–water partition coefficient (Wildman–Crippen LogP) is 4.92. The zero-order valence-electron chi connectivity index (χ0n) is 12.7. The van der Waals surface area contributed by atoms with Crippen molar-refractivity contribution >= 4 is 14.3 Å². The van der Waals surface area contributed by atoms with Gasteiger partial charge >= 0.3 is 8.61 Å². The number of hydrogen-bond acceptors (Lipinski definition) is 2. The van der Waals surface area contributed by atoms with Gasteiger partial charge in [-0.05, 0) is 26.0 Å². The Bertz CT molecular complexity index is 624. The first-order valence-electron chi connectivity index (χ1n) is 7.17. The van der Waals surface area contributed by atoms with Gasteiger partial charge < -0.3 is 4.74 Å². The molecule has 110 valence electrons. The van der Waals surface area contributed by atoms with E-state index in [0.717, 1.165) is 35.7 Å². The van der Waals surface area contributed by atoms with Crippen molar-refractivity contribution in [1.82, 2.24) is 4.25 Å². The highest BCUT2D eigenvalue weighted by Crippen LogP contribution is 2.42. The minimum Gasteiger partial charge on any atom is -0.496 e. The minimum absolute atomic E-state index is 0.111. The van der Waals surface area contributed by atoms with Gasteiger partial charge in [-0.3, -0.25) is 0 Å². The van der Waals surface area contributed by atoms with Crippen molar-refractivity contribution in [2.24, 2.45) is 0 Å². The van der Waals surface area contributed by atoms with E-state index < -0.39 is 0 Å². The second kappa shape index (κ2) is 6.84. The molecule has 0 aliphatic carbocycles. The van der Waals surface area contributed by atoms with Gasteiger partial charge in [-0.15, -0.1) is 0 Å². The minimum atomic E-state index is 0.111. The lowest BCUT2D eigenvalue weighted by Gasteiger charge is -2.29. The van der Waals surface area contributed by atoms with Crippen molar-refractivity contribution in [1.29, 1.82) is 0 Å². The molecule has 0 amide bonds. The SMILES string of the molecule is CC[N+](CC)(P=O)c1ccccc1-c1ccccc1OC. The van der Waals surface area contributed by atoms with Crippen molar-refractivity contribution in [3.63, 3.8) is 0 Å². The lowest BCUT2D eigenvalue weighted by Crippen LogP contribution is -2.39. The van der Waals surface area contributed by atoms with Crippen LogP contribution >= 0.6 is 8.61 Å². The normalized spacial score (nSPS) is 11.6. The number of benzene rings is 2. The second-order valence-electron chi connectivity index (χ2n) is 4.85. The fraction of sp³-hybridized carbons (Fsp3) is 0.294. The molecule has 0 atom stereocenters. The fourth-order valence-electron chi connectivity index (χ4n) is 2.66.